The van der Waals surface area contributed by atoms with Gasteiger partial charge in [-0.1, -0.05) is 42.1 Å². The minimum absolute atomic E-state index is 0.247. The second-order valence-electron chi connectivity index (χ2n) is 5.79. The molecule has 0 atom stereocenters. The van der Waals surface area contributed by atoms with Crippen LogP contribution in [-0.4, -0.2) is 25.0 Å². The average molecular weight is 377 g/mol. The maximum atomic E-state index is 12.9. The molecule has 0 amide bonds. The molecule has 0 aliphatic carbocycles. The molecule has 5 nitrogen and oxygen atoms in total. The number of aromatic amines is 1. The van der Waals surface area contributed by atoms with E-state index in [9.17, 15) is 4.39 Å². The summed E-state index contributed by atoms with van der Waals surface area (Å²) in [6.45, 7) is 0. The van der Waals surface area contributed by atoms with Crippen LogP contribution in [0.25, 0.3) is 17.8 Å². The van der Waals surface area contributed by atoms with Crippen molar-refractivity contribution in [3.05, 3.63) is 89.8 Å². The summed E-state index contributed by atoms with van der Waals surface area (Å²) in [5.41, 5.74) is 3.11. The number of thioether (sulfide) groups is 1. The summed E-state index contributed by atoms with van der Waals surface area (Å²) in [6, 6.07) is 16.4. The number of hydrogen-bond acceptors (Lipinski definition) is 4. The Hall–Kier alpha value is -3.19. The van der Waals surface area contributed by atoms with Gasteiger partial charge < -0.3 is 0 Å². The summed E-state index contributed by atoms with van der Waals surface area (Å²) in [5, 5.41) is 12.0. The van der Waals surface area contributed by atoms with Crippen molar-refractivity contribution in [2.45, 2.75) is 10.9 Å². The highest BCUT2D eigenvalue weighted by molar-refractivity contribution is 7.98. The molecule has 4 rings (SSSR count). The molecule has 0 bridgehead atoms. The normalized spacial score (nSPS) is 11.3. The van der Waals surface area contributed by atoms with Crippen molar-refractivity contribution in [1.29, 1.82) is 0 Å². The van der Waals surface area contributed by atoms with Gasteiger partial charge in [-0.3, -0.25) is 5.10 Å². The maximum Gasteiger partial charge on any atom is 0.209 e. The predicted octanol–water partition coefficient (Wildman–Crippen LogP) is 4.59. The SMILES string of the molecule is Fc1ccc(/C=C/c2nc(SCc3ccc(-n4cccn4)cc3)n[nH]2)cc1. The lowest BCUT2D eigenvalue weighted by molar-refractivity contribution is 0.628. The molecule has 0 fully saturated rings. The van der Waals surface area contributed by atoms with Crippen LogP contribution in [0.4, 0.5) is 4.39 Å². The Morgan fingerprint density at radius 3 is 2.59 bits per heavy atom. The lowest BCUT2D eigenvalue weighted by Crippen LogP contribution is -1.94. The third kappa shape index (κ3) is 4.51. The molecule has 0 unspecified atom stereocenters. The van der Waals surface area contributed by atoms with Crippen LogP contribution in [-0.2, 0) is 5.75 Å². The van der Waals surface area contributed by atoms with Crippen LogP contribution in [0.15, 0.2) is 72.1 Å². The van der Waals surface area contributed by atoms with E-state index in [2.05, 4.69) is 32.4 Å². The van der Waals surface area contributed by atoms with Crippen LogP contribution in [0, 0.1) is 5.82 Å². The summed E-state index contributed by atoms with van der Waals surface area (Å²) in [7, 11) is 0. The Morgan fingerprint density at radius 1 is 1.04 bits per heavy atom. The minimum Gasteiger partial charge on any atom is -0.259 e. The van der Waals surface area contributed by atoms with E-state index in [4.69, 9.17) is 0 Å². The van der Waals surface area contributed by atoms with Crippen molar-refractivity contribution in [2.75, 3.05) is 0 Å². The quantitative estimate of drug-likeness (QED) is 0.499. The molecule has 2 aromatic heterocycles. The first-order valence-corrected chi connectivity index (χ1v) is 9.33. The number of nitrogens with zero attached hydrogens (tertiary/aromatic N) is 4. The molecule has 0 saturated carbocycles. The van der Waals surface area contributed by atoms with Crippen molar-refractivity contribution < 1.29 is 4.39 Å². The number of hydrogen-bond donors (Lipinski definition) is 1. The molecule has 0 aliphatic heterocycles. The highest BCUT2D eigenvalue weighted by Crippen LogP contribution is 2.20. The zero-order valence-electron chi connectivity index (χ0n) is 14.3. The number of benzene rings is 2. The number of nitrogens with one attached hydrogen (secondary N) is 1. The third-order valence-electron chi connectivity index (χ3n) is 3.86. The maximum absolute atomic E-state index is 12.9. The Labute approximate surface area is 160 Å². The van der Waals surface area contributed by atoms with E-state index in [-0.39, 0.29) is 5.82 Å². The molecule has 2 aromatic carbocycles. The highest BCUT2D eigenvalue weighted by atomic mass is 32.2. The molecule has 0 radical (unpaired) electrons. The lowest BCUT2D eigenvalue weighted by atomic mass is 10.2. The Morgan fingerprint density at radius 2 is 1.85 bits per heavy atom. The predicted molar refractivity (Wildman–Crippen MR) is 105 cm³/mol. The molecule has 27 heavy (non-hydrogen) atoms. The fourth-order valence-electron chi connectivity index (χ4n) is 2.46. The van der Waals surface area contributed by atoms with Gasteiger partial charge in [0.15, 0.2) is 0 Å². The first-order chi connectivity index (χ1) is 13.3. The highest BCUT2D eigenvalue weighted by Gasteiger charge is 2.03. The fraction of sp³-hybridized carbons (Fsp3) is 0.0500. The molecule has 7 heteroatoms. The summed E-state index contributed by atoms with van der Waals surface area (Å²) in [4.78, 5) is 4.44. The zero-order valence-corrected chi connectivity index (χ0v) is 15.1. The van der Waals surface area contributed by atoms with E-state index in [0.717, 1.165) is 17.0 Å². The summed E-state index contributed by atoms with van der Waals surface area (Å²) in [6.07, 6.45) is 7.36. The first kappa shape index (κ1) is 17.2. The standard InChI is InChI=1S/C20H16FN5S/c21-17-7-2-15(3-8-17)6-11-19-23-20(25-24-19)27-14-16-4-9-18(10-5-16)26-13-1-12-22-26/h1-13H,14H2,(H,23,24,25)/b11-6+. The van der Waals surface area contributed by atoms with Gasteiger partial charge in [0, 0.05) is 18.1 Å². The van der Waals surface area contributed by atoms with Crippen molar-refractivity contribution in [2.24, 2.45) is 0 Å². The van der Waals surface area contributed by atoms with Gasteiger partial charge >= 0.3 is 0 Å². The second kappa shape index (κ2) is 8.01. The summed E-state index contributed by atoms with van der Waals surface area (Å²) < 4.78 is 14.7. The molecular weight excluding hydrogens is 361 g/mol. The van der Waals surface area contributed by atoms with Gasteiger partial charge in [-0.25, -0.2) is 14.1 Å². The number of H-pyrrole nitrogens is 1. The van der Waals surface area contributed by atoms with E-state index in [1.807, 2.05) is 41.2 Å². The van der Waals surface area contributed by atoms with Crippen LogP contribution >= 0.6 is 11.8 Å². The van der Waals surface area contributed by atoms with Gasteiger partial charge in [0.1, 0.15) is 11.6 Å². The average Bonchev–Trinajstić information content (AvgIpc) is 3.39. The van der Waals surface area contributed by atoms with Gasteiger partial charge in [0.2, 0.25) is 5.16 Å². The number of halogens is 1. The molecule has 0 spiro atoms. The van der Waals surface area contributed by atoms with Crippen molar-refractivity contribution in [3.63, 3.8) is 0 Å². The van der Waals surface area contributed by atoms with Gasteiger partial charge in [0.25, 0.3) is 0 Å². The Bertz CT molecular complexity index is 1020. The van der Waals surface area contributed by atoms with Gasteiger partial charge in [-0.15, -0.1) is 5.10 Å². The number of rotatable bonds is 6. The van der Waals surface area contributed by atoms with E-state index in [1.165, 1.54) is 17.7 Å². The Balaban J connectivity index is 1.34. The molecule has 2 heterocycles. The largest absolute Gasteiger partial charge is 0.259 e. The van der Waals surface area contributed by atoms with E-state index in [1.54, 1.807) is 30.1 Å². The fourth-order valence-corrected chi connectivity index (χ4v) is 3.22. The van der Waals surface area contributed by atoms with Crippen molar-refractivity contribution in [1.82, 2.24) is 25.0 Å². The van der Waals surface area contributed by atoms with Crippen LogP contribution in [0.2, 0.25) is 0 Å². The molecule has 0 saturated heterocycles. The smallest absolute Gasteiger partial charge is 0.209 e. The van der Waals surface area contributed by atoms with Crippen molar-refractivity contribution >= 4 is 23.9 Å². The van der Waals surface area contributed by atoms with E-state index >= 15 is 0 Å². The summed E-state index contributed by atoms with van der Waals surface area (Å²) >= 11 is 1.56. The molecule has 134 valence electrons. The minimum atomic E-state index is -0.247. The van der Waals surface area contributed by atoms with E-state index in [0.29, 0.717) is 11.0 Å². The van der Waals surface area contributed by atoms with Crippen molar-refractivity contribution in [3.8, 4) is 5.69 Å². The van der Waals surface area contributed by atoms with Crippen LogP contribution in [0.1, 0.15) is 17.0 Å². The van der Waals surface area contributed by atoms with E-state index < -0.39 is 0 Å². The molecular formula is C20H16FN5S. The molecule has 4 aromatic rings. The first-order valence-electron chi connectivity index (χ1n) is 8.34. The topological polar surface area (TPSA) is 59.4 Å². The Kier molecular flexibility index (Phi) is 5.11. The molecule has 1 N–H and O–H groups in total. The van der Waals surface area contributed by atoms with Gasteiger partial charge in [0.05, 0.1) is 5.69 Å². The second-order valence-corrected chi connectivity index (χ2v) is 6.74. The summed E-state index contributed by atoms with van der Waals surface area (Å²) in [5.74, 6) is 1.19. The number of aromatic nitrogens is 5. The lowest BCUT2D eigenvalue weighted by Gasteiger charge is -2.03. The van der Waals surface area contributed by atoms with Crippen LogP contribution in [0.3, 0.4) is 0 Å². The van der Waals surface area contributed by atoms with Gasteiger partial charge in [-0.2, -0.15) is 5.10 Å². The van der Waals surface area contributed by atoms with Crippen LogP contribution in [0.5, 0.6) is 0 Å². The molecule has 0 aliphatic rings. The monoisotopic (exact) mass is 377 g/mol. The third-order valence-corrected chi connectivity index (χ3v) is 4.78. The van der Waals surface area contributed by atoms with Crippen LogP contribution < -0.4 is 0 Å². The zero-order chi connectivity index (χ0) is 18.5. The van der Waals surface area contributed by atoms with Gasteiger partial charge in [-0.05, 0) is 47.5 Å².